The number of likely N-dealkylation sites (N-methyl/N-ethyl adjacent to an activating group) is 1. The Morgan fingerprint density at radius 3 is 2.64 bits per heavy atom. The average Bonchev–Trinajstić information content (AvgIpc) is 2.82. The summed E-state index contributed by atoms with van der Waals surface area (Å²) in [6.07, 6.45) is 2.90. The molecule has 172 valence electrons. The minimum Gasteiger partial charge on any atom is -0.383 e. The first kappa shape index (κ1) is 22.4. The number of fused-ring (bicyclic) bond motifs is 1. The first-order valence-electron chi connectivity index (χ1n) is 11.3. The Kier molecular flexibility index (Phi) is 6.63. The molecule has 0 spiro atoms. The average molecular weight is 448 g/mol. The van der Waals surface area contributed by atoms with E-state index in [1.165, 1.54) is 10.1 Å². The van der Waals surface area contributed by atoms with Gasteiger partial charge in [0.05, 0.1) is 19.1 Å². The Bertz CT molecular complexity index is 1250. The molecule has 0 radical (unpaired) electrons. The van der Waals surface area contributed by atoms with Crippen LogP contribution in [0.1, 0.15) is 42.5 Å². The molecule has 1 unspecified atom stereocenters. The monoisotopic (exact) mass is 447 g/mol. The van der Waals surface area contributed by atoms with Gasteiger partial charge in [0, 0.05) is 6.54 Å². The summed E-state index contributed by atoms with van der Waals surface area (Å²) in [6, 6.07) is 17.5. The molecule has 33 heavy (non-hydrogen) atoms. The minimum atomic E-state index is -0.598. The van der Waals surface area contributed by atoms with E-state index in [0.29, 0.717) is 6.54 Å². The van der Waals surface area contributed by atoms with E-state index >= 15 is 0 Å². The maximum absolute atomic E-state index is 13.0. The highest BCUT2D eigenvalue weighted by Crippen LogP contribution is 2.29. The number of nitrogens with zero attached hydrogens (tertiary/aromatic N) is 2. The fourth-order valence-electron chi connectivity index (χ4n) is 4.47. The topological polar surface area (TPSA) is 113 Å². The third-order valence-corrected chi connectivity index (χ3v) is 6.13. The van der Waals surface area contributed by atoms with Crippen LogP contribution in [-0.4, -0.2) is 28.5 Å². The SMILES string of the molecule is CCN(CC(=O)NC1CCCc2ccccc21)c1c(N)n(Cc2ccccc2)c(=O)[nH]c1=O. The van der Waals surface area contributed by atoms with Crippen molar-refractivity contribution >= 4 is 17.4 Å². The van der Waals surface area contributed by atoms with E-state index in [0.717, 1.165) is 30.4 Å². The second-order valence-electron chi connectivity index (χ2n) is 8.29. The number of nitrogens with one attached hydrogen (secondary N) is 2. The van der Waals surface area contributed by atoms with E-state index in [-0.39, 0.29) is 36.5 Å². The van der Waals surface area contributed by atoms with Crippen LogP contribution >= 0.6 is 0 Å². The van der Waals surface area contributed by atoms with Gasteiger partial charge in [-0.25, -0.2) is 4.79 Å². The van der Waals surface area contributed by atoms with Crippen LogP contribution in [0.25, 0.3) is 0 Å². The summed E-state index contributed by atoms with van der Waals surface area (Å²) in [5.74, 6) is -0.150. The standard InChI is InChI=1S/C25H29N5O3/c1-2-29(16-21(31)27-20-14-8-12-18-11-6-7-13-19(18)20)22-23(26)30(25(33)28-24(22)32)15-17-9-4-3-5-10-17/h3-7,9-11,13,20H,2,8,12,14-16,26H2,1H3,(H,27,31)(H,28,32,33). The number of rotatable bonds is 7. The fourth-order valence-corrected chi connectivity index (χ4v) is 4.47. The zero-order valence-corrected chi connectivity index (χ0v) is 18.7. The third-order valence-electron chi connectivity index (χ3n) is 6.13. The van der Waals surface area contributed by atoms with E-state index < -0.39 is 11.2 Å². The molecule has 2 aromatic carbocycles. The molecule has 0 bridgehead atoms. The van der Waals surface area contributed by atoms with E-state index in [4.69, 9.17) is 5.73 Å². The van der Waals surface area contributed by atoms with Gasteiger partial charge in [-0.2, -0.15) is 0 Å². The van der Waals surface area contributed by atoms with Crippen molar-refractivity contribution in [3.05, 3.63) is 92.1 Å². The molecular weight excluding hydrogens is 418 g/mol. The summed E-state index contributed by atoms with van der Waals surface area (Å²) in [4.78, 5) is 42.1. The highest BCUT2D eigenvalue weighted by Gasteiger charge is 2.24. The number of aromatic nitrogens is 2. The van der Waals surface area contributed by atoms with Crippen molar-refractivity contribution in [3.8, 4) is 0 Å². The number of H-pyrrole nitrogens is 1. The van der Waals surface area contributed by atoms with E-state index in [2.05, 4.69) is 22.4 Å². The molecule has 1 atom stereocenters. The van der Waals surface area contributed by atoms with Crippen molar-refractivity contribution in [2.45, 2.75) is 38.8 Å². The lowest BCUT2D eigenvalue weighted by Crippen LogP contribution is -2.44. The van der Waals surface area contributed by atoms with Crippen LogP contribution in [0.3, 0.4) is 0 Å². The number of hydrogen-bond acceptors (Lipinski definition) is 5. The highest BCUT2D eigenvalue weighted by atomic mass is 16.2. The zero-order chi connectivity index (χ0) is 23.4. The van der Waals surface area contributed by atoms with Gasteiger partial charge in [0.1, 0.15) is 11.5 Å². The van der Waals surface area contributed by atoms with Gasteiger partial charge < -0.3 is 16.0 Å². The maximum atomic E-state index is 13.0. The van der Waals surface area contributed by atoms with Crippen LogP contribution < -0.4 is 27.2 Å². The molecule has 1 amide bonds. The van der Waals surface area contributed by atoms with Gasteiger partial charge in [0.15, 0.2) is 0 Å². The molecule has 3 aromatic rings. The van der Waals surface area contributed by atoms with E-state index in [9.17, 15) is 14.4 Å². The molecule has 1 aliphatic rings. The van der Waals surface area contributed by atoms with Crippen molar-refractivity contribution in [1.82, 2.24) is 14.9 Å². The van der Waals surface area contributed by atoms with E-state index in [1.807, 2.05) is 49.4 Å². The first-order valence-corrected chi connectivity index (χ1v) is 11.3. The van der Waals surface area contributed by atoms with Gasteiger partial charge in [-0.1, -0.05) is 54.6 Å². The lowest BCUT2D eigenvalue weighted by atomic mass is 9.88. The van der Waals surface area contributed by atoms with Crippen molar-refractivity contribution in [2.75, 3.05) is 23.7 Å². The molecule has 4 rings (SSSR count). The van der Waals surface area contributed by atoms with Crippen molar-refractivity contribution < 1.29 is 4.79 Å². The molecule has 8 heteroatoms. The summed E-state index contributed by atoms with van der Waals surface area (Å²) in [5, 5.41) is 3.11. The van der Waals surface area contributed by atoms with Gasteiger partial charge in [0.25, 0.3) is 5.56 Å². The Labute approximate surface area is 192 Å². The molecule has 1 aromatic heterocycles. The lowest BCUT2D eigenvalue weighted by Gasteiger charge is -2.28. The second-order valence-corrected chi connectivity index (χ2v) is 8.29. The summed E-state index contributed by atoms with van der Waals surface area (Å²) in [7, 11) is 0. The Hall–Kier alpha value is -3.81. The fraction of sp³-hybridized carbons (Fsp3) is 0.320. The summed E-state index contributed by atoms with van der Waals surface area (Å²) < 4.78 is 1.32. The largest absolute Gasteiger partial charge is 0.383 e. The van der Waals surface area contributed by atoms with E-state index in [1.54, 1.807) is 4.90 Å². The van der Waals surface area contributed by atoms with Crippen molar-refractivity contribution in [1.29, 1.82) is 0 Å². The van der Waals surface area contributed by atoms with Crippen LogP contribution in [0.5, 0.6) is 0 Å². The van der Waals surface area contributed by atoms with Gasteiger partial charge in [-0.3, -0.25) is 19.1 Å². The number of carbonyl (C=O) groups is 1. The predicted molar refractivity (Wildman–Crippen MR) is 129 cm³/mol. The van der Waals surface area contributed by atoms with Gasteiger partial charge >= 0.3 is 5.69 Å². The van der Waals surface area contributed by atoms with Crippen LogP contribution in [0.15, 0.2) is 64.2 Å². The van der Waals surface area contributed by atoms with Crippen LogP contribution in [0.4, 0.5) is 11.5 Å². The molecule has 0 saturated carbocycles. The Balaban J connectivity index is 1.56. The molecular formula is C25H29N5O3. The maximum Gasteiger partial charge on any atom is 0.330 e. The molecule has 0 saturated heterocycles. The second kappa shape index (κ2) is 9.77. The first-order chi connectivity index (χ1) is 16.0. The summed E-state index contributed by atoms with van der Waals surface area (Å²) >= 11 is 0. The van der Waals surface area contributed by atoms with Crippen LogP contribution in [-0.2, 0) is 17.8 Å². The molecule has 0 fully saturated rings. The molecule has 0 aliphatic heterocycles. The summed E-state index contributed by atoms with van der Waals surface area (Å²) in [5.41, 5.74) is 8.54. The minimum absolute atomic E-state index is 0.0357. The van der Waals surface area contributed by atoms with Crippen LogP contribution in [0.2, 0.25) is 0 Å². The predicted octanol–water partition coefficient (Wildman–Crippen LogP) is 2.19. The smallest absolute Gasteiger partial charge is 0.330 e. The third kappa shape index (κ3) is 4.84. The number of anilines is 2. The number of aromatic amines is 1. The Morgan fingerprint density at radius 2 is 1.88 bits per heavy atom. The van der Waals surface area contributed by atoms with Gasteiger partial charge in [-0.05, 0) is 42.9 Å². The lowest BCUT2D eigenvalue weighted by molar-refractivity contribution is -0.120. The van der Waals surface area contributed by atoms with Crippen molar-refractivity contribution in [2.24, 2.45) is 0 Å². The molecule has 4 N–H and O–H groups in total. The normalized spacial score (nSPS) is 15.0. The molecule has 8 nitrogen and oxygen atoms in total. The molecule has 1 aliphatic carbocycles. The number of nitrogen functional groups attached to an aromatic ring is 1. The zero-order valence-electron chi connectivity index (χ0n) is 18.7. The Morgan fingerprint density at radius 1 is 1.15 bits per heavy atom. The number of amides is 1. The van der Waals surface area contributed by atoms with Gasteiger partial charge in [-0.15, -0.1) is 0 Å². The number of carbonyl (C=O) groups excluding carboxylic acids is 1. The number of nitrogens with two attached hydrogens (primary N) is 1. The quantitative estimate of drug-likeness (QED) is 0.514. The van der Waals surface area contributed by atoms with Crippen molar-refractivity contribution in [3.63, 3.8) is 0 Å². The number of hydrogen-bond donors (Lipinski definition) is 3. The van der Waals surface area contributed by atoms with Gasteiger partial charge in [0.2, 0.25) is 5.91 Å². The summed E-state index contributed by atoms with van der Waals surface area (Å²) in [6.45, 7) is 2.41. The highest BCUT2D eigenvalue weighted by molar-refractivity contribution is 5.83. The van der Waals surface area contributed by atoms with Crippen LogP contribution in [0, 0.1) is 0 Å². The number of benzene rings is 2. The molecule has 1 heterocycles. The number of aryl methyl sites for hydroxylation is 1.